The molecule has 0 radical (unpaired) electrons. The maximum atomic E-state index is 12.7. The van der Waals surface area contributed by atoms with E-state index in [0.717, 1.165) is 19.5 Å². The van der Waals surface area contributed by atoms with Crippen molar-refractivity contribution in [3.05, 3.63) is 34.4 Å². The lowest BCUT2D eigenvalue weighted by molar-refractivity contribution is -0.387. The highest BCUT2D eigenvalue weighted by atomic mass is 32.2. The molecule has 8 heteroatoms. The van der Waals surface area contributed by atoms with E-state index in [0.29, 0.717) is 13.1 Å². The minimum absolute atomic E-state index is 0.206. The molecular formula is C13H17N3O4S. The van der Waals surface area contributed by atoms with Crippen LogP contribution in [-0.4, -0.2) is 43.8 Å². The van der Waals surface area contributed by atoms with Gasteiger partial charge in [0.1, 0.15) is 0 Å². The number of piperidine rings is 2. The van der Waals surface area contributed by atoms with Gasteiger partial charge < -0.3 is 5.32 Å². The maximum absolute atomic E-state index is 12.7. The molecule has 2 unspecified atom stereocenters. The van der Waals surface area contributed by atoms with Gasteiger partial charge in [0.15, 0.2) is 4.90 Å². The Balaban J connectivity index is 1.96. The molecule has 2 saturated heterocycles. The fourth-order valence-electron chi connectivity index (χ4n) is 3.22. The summed E-state index contributed by atoms with van der Waals surface area (Å²) in [6.45, 7) is 2.47. The van der Waals surface area contributed by atoms with E-state index in [4.69, 9.17) is 0 Å². The van der Waals surface area contributed by atoms with Gasteiger partial charge >= 0.3 is 0 Å². The number of nitro benzene ring substituents is 1. The molecule has 114 valence electrons. The highest BCUT2D eigenvalue weighted by Gasteiger charge is 2.39. The lowest BCUT2D eigenvalue weighted by Crippen LogP contribution is -2.52. The van der Waals surface area contributed by atoms with Crippen LogP contribution in [0, 0.1) is 22.0 Å². The number of sulfonamides is 1. The zero-order chi connectivity index (χ0) is 15.0. The van der Waals surface area contributed by atoms with Gasteiger partial charge in [0, 0.05) is 19.2 Å². The molecule has 2 heterocycles. The Kier molecular flexibility index (Phi) is 3.68. The van der Waals surface area contributed by atoms with Crippen molar-refractivity contribution in [2.75, 3.05) is 26.2 Å². The SMILES string of the molecule is O=[N+]([O-])c1ccccc1S(=O)(=O)N1CC2CNCC(C2)C1. The van der Waals surface area contributed by atoms with E-state index in [-0.39, 0.29) is 22.4 Å². The number of hydrogen-bond acceptors (Lipinski definition) is 5. The van der Waals surface area contributed by atoms with Crippen LogP contribution in [0.15, 0.2) is 29.2 Å². The van der Waals surface area contributed by atoms with Gasteiger partial charge in [-0.3, -0.25) is 10.1 Å². The predicted molar refractivity (Wildman–Crippen MR) is 76.3 cm³/mol. The Morgan fingerprint density at radius 2 is 1.81 bits per heavy atom. The van der Waals surface area contributed by atoms with Crippen LogP contribution in [0.2, 0.25) is 0 Å². The molecule has 1 aromatic carbocycles. The molecule has 0 aliphatic carbocycles. The summed E-state index contributed by atoms with van der Waals surface area (Å²) in [5.74, 6) is 0.574. The summed E-state index contributed by atoms with van der Waals surface area (Å²) in [5.41, 5.74) is -0.355. The lowest BCUT2D eigenvalue weighted by atomic mass is 9.87. The van der Waals surface area contributed by atoms with Gasteiger partial charge in [0.2, 0.25) is 10.0 Å². The van der Waals surface area contributed by atoms with E-state index in [9.17, 15) is 18.5 Å². The maximum Gasteiger partial charge on any atom is 0.289 e. The van der Waals surface area contributed by atoms with Crippen molar-refractivity contribution in [1.82, 2.24) is 9.62 Å². The average molecular weight is 311 g/mol. The van der Waals surface area contributed by atoms with Crippen molar-refractivity contribution in [1.29, 1.82) is 0 Å². The Bertz CT molecular complexity index is 649. The van der Waals surface area contributed by atoms with Gasteiger partial charge in [0.25, 0.3) is 5.69 Å². The standard InChI is InChI=1S/C13H17N3O4S/c17-16(18)12-3-1-2-4-13(12)21(19,20)15-8-10-5-11(9-15)7-14-6-10/h1-4,10-11,14H,5-9H2. The molecule has 1 aromatic rings. The molecule has 2 aliphatic rings. The molecular weight excluding hydrogens is 294 g/mol. The number of hydrogen-bond donors (Lipinski definition) is 1. The molecule has 2 bridgehead atoms. The van der Waals surface area contributed by atoms with Gasteiger partial charge in [-0.15, -0.1) is 0 Å². The normalized spacial score (nSPS) is 26.5. The first-order valence-electron chi connectivity index (χ1n) is 6.93. The number of para-hydroxylation sites is 1. The van der Waals surface area contributed by atoms with Crippen molar-refractivity contribution in [2.24, 2.45) is 11.8 Å². The van der Waals surface area contributed by atoms with Crippen molar-refractivity contribution >= 4 is 15.7 Å². The molecule has 0 aromatic heterocycles. The summed E-state index contributed by atoms with van der Waals surface area (Å²) < 4.78 is 26.9. The van der Waals surface area contributed by atoms with Crippen LogP contribution in [0.4, 0.5) is 5.69 Å². The van der Waals surface area contributed by atoms with E-state index in [1.165, 1.54) is 28.6 Å². The van der Waals surface area contributed by atoms with Gasteiger partial charge in [-0.1, -0.05) is 12.1 Å². The average Bonchev–Trinajstić information content (AvgIpc) is 2.46. The fourth-order valence-corrected chi connectivity index (χ4v) is 4.97. The van der Waals surface area contributed by atoms with Crippen LogP contribution in [0.3, 0.4) is 0 Å². The third kappa shape index (κ3) is 2.66. The summed E-state index contributed by atoms with van der Waals surface area (Å²) in [4.78, 5) is 10.2. The Morgan fingerprint density at radius 1 is 1.19 bits per heavy atom. The van der Waals surface area contributed by atoms with Crippen LogP contribution in [0.25, 0.3) is 0 Å². The molecule has 3 rings (SSSR count). The first-order valence-corrected chi connectivity index (χ1v) is 8.37. The molecule has 21 heavy (non-hydrogen) atoms. The predicted octanol–water partition coefficient (Wildman–Crippen LogP) is 0.825. The fraction of sp³-hybridized carbons (Fsp3) is 0.538. The van der Waals surface area contributed by atoms with Crippen molar-refractivity contribution in [3.63, 3.8) is 0 Å². The van der Waals surface area contributed by atoms with E-state index in [1.807, 2.05) is 0 Å². The Hall–Kier alpha value is -1.51. The Morgan fingerprint density at radius 3 is 2.43 bits per heavy atom. The molecule has 7 nitrogen and oxygen atoms in total. The third-order valence-electron chi connectivity index (χ3n) is 4.14. The van der Waals surface area contributed by atoms with Crippen molar-refractivity contribution in [3.8, 4) is 0 Å². The van der Waals surface area contributed by atoms with E-state index < -0.39 is 14.9 Å². The lowest BCUT2D eigenvalue weighted by Gasteiger charge is -2.40. The molecule has 0 saturated carbocycles. The minimum Gasteiger partial charge on any atom is -0.316 e. The molecule has 0 spiro atoms. The zero-order valence-corrected chi connectivity index (χ0v) is 12.3. The summed E-state index contributed by atoms with van der Waals surface area (Å²) in [6.07, 6.45) is 1.02. The second-order valence-electron chi connectivity index (χ2n) is 5.67. The first kappa shape index (κ1) is 14.4. The van der Waals surface area contributed by atoms with E-state index in [1.54, 1.807) is 0 Å². The highest BCUT2D eigenvalue weighted by Crippen LogP contribution is 2.32. The topological polar surface area (TPSA) is 92.5 Å². The zero-order valence-electron chi connectivity index (χ0n) is 11.4. The summed E-state index contributed by atoms with van der Waals surface area (Å²) in [7, 11) is -3.82. The molecule has 2 atom stereocenters. The number of nitro groups is 1. The second-order valence-corrected chi connectivity index (χ2v) is 7.58. The second kappa shape index (κ2) is 5.36. The van der Waals surface area contributed by atoms with Crippen molar-refractivity contribution in [2.45, 2.75) is 11.3 Å². The van der Waals surface area contributed by atoms with Gasteiger partial charge in [0.05, 0.1) is 4.92 Å². The van der Waals surface area contributed by atoms with E-state index >= 15 is 0 Å². The number of nitrogens with zero attached hydrogens (tertiary/aromatic N) is 2. The summed E-state index contributed by atoms with van der Waals surface area (Å²) in [5, 5.41) is 14.4. The van der Waals surface area contributed by atoms with Gasteiger partial charge in [-0.2, -0.15) is 4.31 Å². The smallest absolute Gasteiger partial charge is 0.289 e. The van der Waals surface area contributed by atoms with Crippen LogP contribution >= 0.6 is 0 Å². The van der Waals surface area contributed by atoms with Crippen LogP contribution in [0.5, 0.6) is 0 Å². The molecule has 2 fully saturated rings. The largest absolute Gasteiger partial charge is 0.316 e. The summed E-state index contributed by atoms with van der Waals surface area (Å²) in [6, 6.07) is 5.55. The third-order valence-corrected chi connectivity index (χ3v) is 6.02. The van der Waals surface area contributed by atoms with Crippen LogP contribution in [-0.2, 0) is 10.0 Å². The molecule has 1 N–H and O–H groups in total. The number of rotatable bonds is 3. The van der Waals surface area contributed by atoms with E-state index in [2.05, 4.69) is 5.32 Å². The highest BCUT2D eigenvalue weighted by molar-refractivity contribution is 7.89. The molecule has 2 aliphatic heterocycles. The van der Waals surface area contributed by atoms with Gasteiger partial charge in [-0.05, 0) is 37.4 Å². The number of fused-ring (bicyclic) bond motifs is 2. The Labute approximate surface area is 123 Å². The summed E-state index contributed by atoms with van der Waals surface area (Å²) >= 11 is 0. The quantitative estimate of drug-likeness (QED) is 0.659. The minimum atomic E-state index is -3.82. The first-order chi connectivity index (χ1) is 9.98. The monoisotopic (exact) mass is 311 g/mol. The van der Waals surface area contributed by atoms with Gasteiger partial charge in [-0.25, -0.2) is 8.42 Å². The number of benzene rings is 1. The van der Waals surface area contributed by atoms with Crippen LogP contribution < -0.4 is 5.32 Å². The number of nitrogens with one attached hydrogen (secondary N) is 1. The molecule has 0 amide bonds. The van der Waals surface area contributed by atoms with Crippen LogP contribution in [0.1, 0.15) is 6.42 Å². The van der Waals surface area contributed by atoms with Crippen molar-refractivity contribution < 1.29 is 13.3 Å².